The molecule has 0 radical (unpaired) electrons. The zero-order chi connectivity index (χ0) is 15.4. The number of aliphatic hydroxyl groups is 1. The second kappa shape index (κ2) is 6.28. The summed E-state index contributed by atoms with van der Waals surface area (Å²) in [7, 11) is 1.52. The maximum absolute atomic E-state index is 11.4. The van der Waals surface area contributed by atoms with E-state index in [2.05, 4.69) is 0 Å². The lowest BCUT2D eigenvalue weighted by atomic mass is 10.1. The third-order valence-corrected chi connectivity index (χ3v) is 3.04. The molecule has 0 saturated carbocycles. The summed E-state index contributed by atoms with van der Waals surface area (Å²) < 4.78 is 11.0. The minimum Gasteiger partial charge on any atom is -0.496 e. The molecule has 1 atom stereocenters. The Kier molecular flexibility index (Phi) is 4.45. The Labute approximate surface area is 122 Å². The number of benzene rings is 2. The highest BCUT2D eigenvalue weighted by Crippen LogP contribution is 2.37. The first-order valence-electron chi connectivity index (χ1n) is 6.46. The Morgan fingerprint density at radius 3 is 2.33 bits per heavy atom. The van der Waals surface area contributed by atoms with Crippen LogP contribution < -0.4 is 15.2 Å². The van der Waals surface area contributed by atoms with Gasteiger partial charge in [0.1, 0.15) is 17.2 Å². The number of para-hydroxylation sites is 1. The molecule has 2 aromatic rings. The predicted molar refractivity (Wildman–Crippen MR) is 78.7 cm³/mol. The van der Waals surface area contributed by atoms with Gasteiger partial charge in [-0.1, -0.05) is 18.2 Å². The van der Waals surface area contributed by atoms with E-state index in [1.807, 2.05) is 0 Å². The molecular weight excluding hydrogens is 270 g/mol. The van der Waals surface area contributed by atoms with Crippen LogP contribution in [-0.2, 0) is 0 Å². The first-order chi connectivity index (χ1) is 10.0. The van der Waals surface area contributed by atoms with Crippen molar-refractivity contribution in [2.75, 3.05) is 7.11 Å². The van der Waals surface area contributed by atoms with Crippen LogP contribution in [0.4, 0.5) is 0 Å². The molecule has 0 aliphatic heterocycles. The number of rotatable bonds is 5. The summed E-state index contributed by atoms with van der Waals surface area (Å²) in [6, 6.07) is 11.8. The van der Waals surface area contributed by atoms with E-state index in [0.29, 0.717) is 22.8 Å². The summed E-state index contributed by atoms with van der Waals surface area (Å²) in [5, 5.41) is 9.92. The standard InChI is InChI=1S/C16H17NO4/c1-10(18)15-13(20-2)8-5-9-14(15)21-12-7-4-3-6-11(12)16(17)19/h3-10,18H,1-2H3,(H2,17,19)/t10-/m0/s1. The maximum Gasteiger partial charge on any atom is 0.252 e. The van der Waals surface area contributed by atoms with Gasteiger partial charge in [0.25, 0.3) is 5.91 Å². The fourth-order valence-corrected chi connectivity index (χ4v) is 2.08. The van der Waals surface area contributed by atoms with Crippen LogP contribution in [0.1, 0.15) is 28.9 Å². The fraction of sp³-hybridized carbons (Fsp3) is 0.188. The van der Waals surface area contributed by atoms with Gasteiger partial charge in [0.15, 0.2) is 0 Å². The number of carbonyl (C=O) groups excluding carboxylic acids is 1. The van der Waals surface area contributed by atoms with Gasteiger partial charge >= 0.3 is 0 Å². The van der Waals surface area contributed by atoms with Crippen molar-refractivity contribution in [2.24, 2.45) is 5.73 Å². The predicted octanol–water partition coefficient (Wildman–Crippen LogP) is 2.64. The van der Waals surface area contributed by atoms with Gasteiger partial charge < -0.3 is 20.3 Å². The van der Waals surface area contributed by atoms with Crippen molar-refractivity contribution in [1.82, 2.24) is 0 Å². The van der Waals surface area contributed by atoms with Gasteiger partial charge in [0.05, 0.1) is 24.3 Å². The van der Waals surface area contributed by atoms with E-state index < -0.39 is 12.0 Å². The Bertz CT molecular complexity index is 652. The quantitative estimate of drug-likeness (QED) is 0.885. The Hall–Kier alpha value is -2.53. The molecule has 0 saturated heterocycles. The molecular formula is C16H17NO4. The Balaban J connectivity index is 2.48. The minimum absolute atomic E-state index is 0.275. The first-order valence-corrected chi connectivity index (χ1v) is 6.46. The number of aliphatic hydroxyl groups excluding tert-OH is 1. The van der Waals surface area contributed by atoms with E-state index in [-0.39, 0.29) is 5.56 Å². The van der Waals surface area contributed by atoms with Crippen LogP contribution in [0.15, 0.2) is 42.5 Å². The average molecular weight is 287 g/mol. The molecule has 0 aromatic heterocycles. The van der Waals surface area contributed by atoms with E-state index in [4.69, 9.17) is 15.2 Å². The molecule has 2 rings (SSSR count). The monoisotopic (exact) mass is 287 g/mol. The number of primary amides is 1. The van der Waals surface area contributed by atoms with Gasteiger partial charge in [0, 0.05) is 0 Å². The molecule has 5 heteroatoms. The third-order valence-electron chi connectivity index (χ3n) is 3.04. The van der Waals surface area contributed by atoms with Crippen molar-refractivity contribution in [3.05, 3.63) is 53.6 Å². The lowest BCUT2D eigenvalue weighted by molar-refractivity contribution is 0.0998. The largest absolute Gasteiger partial charge is 0.496 e. The van der Waals surface area contributed by atoms with E-state index in [1.165, 1.54) is 7.11 Å². The van der Waals surface area contributed by atoms with Crippen LogP contribution in [0, 0.1) is 0 Å². The van der Waals surface area contributed by atoms with Gasteiger partial charge in [-0.25, -0.2) is 0 Å². The molecule has 21 heavy (non-hydrogen) atoms. The van der Waals surface area contributed by atoms with Crippen molar-refractivity contribution in [2.45, 2.75) is 13.0 Å². The number of amides is 1. The number of carbonyl (C=O) groups is 1. The van der Waals surface area contributed by atoms with Gasteiger partial charge in [-0.3, -0.25) is 4.79 Å². The molecule has 3 N–H and O–H groups in total. The minimum atomic E-state index is -0.781. The number of ether oxygens (including phenoxy) is 2. The van der Waals surface area contributed by atoms with Crippen molar-refractivity contribution in [3.63, 3.8) is 0 Å². The van der Waals surface area contributed by atoms with Crippen LogP contribution in [-0.4, -0.2) is 18.1 Å². The van der Waals surface area contributed by atoms with Crippen LogP contribution in [0.3, 0.4) is 0 Å². The molecule has 1 amide bonds. The van der Waals surface area contributed by atoms with Crippen LogP contribution in [0.5, 0.6) is 17.2 Å². The molecule has 110 valence electrons. The molecule has 0 fully saturated rings. The summed E-state index contributed by atoms with van der Waals surface area (Å²) in [4.78, 5) is 11.4. The lowest BCUT2D eigenvalue weighted by Gasteiger charge is -2.17. The van der Waals surface area contributed by atoms with E-state index in [0.717, 1.165) is 0 Å². The normalized spacial score (nSPS) is 11.8. The molecule has 0 spiro atoms. The summed E-state index contributed by atoms with van der Waals surface area (Å²) in [5.41, 5.74) is 6.12. The summed E-state index contributed by atoms with van der Waals surface area (Å²) >= 11 is 0. The Morgan fingerprint density at radius 1 is 1.10 bits per heavy atom. The lowest BCUT2D eigenvalue weighted by Crippen LogP contribution is -2.12. The molecule has 2 aromatic carbocycles. The topological polar surface area (TPSA) is 81.8 Å². The zero-order valence-electron chi connectivity index (χ0n) is 11.9. The van der Waals surface area contributed by atoms with Crippen molar-refractivity contribution in [1.29, 1.82) is 0 Å². The molecule has 0 unspecified atom stereocenters. The summed E-state index contributed by atoms with van der Waals surface area (Å²) in [6.45, 7) is 1.62. The Morgan fingerprint density at radius 2 is 1.71 bits per heavy atom. The number of hydrogen-bond acceptors (Lipinski definition) is 4. The van der Waals surface area contributed by atoms with Crippen LogP contribution in [0.25, 0.3) is 0 Å². The molecule has 0 heterocycles. The van der Waals surface area contributed by atoms with Crippen molar-refractivity contribution < 1.29 is 19.4 Å². The molecule has 0 bridgehead atoms. The smallest absolute Gasteiger partial charge is 0.252 e. The van der Waals surface area contributed by atoms with Gasteiger partial charge in [-0.2, -0.15) is 0 Å². The third kappa shape index (κ3) is 3.14. The number of methoxy groups -OCH3 is 1. The second-order valence-corrected chi connectivity index (χ2v) is 4.51. The number of hydrogen-bond donors (Lipinski definition) is 2. The van der Waals surface area contributed by atoms with Gasteiger partial charge in [-0.15, -0.1) is 0 Å². The van der Waals surface area contributed by atoms with Crippen LogP contribution in [0.2, 0.25) is 0 Å². The summed E-state index contributed by atoms with van der Waals surface area (Å²) in [5.74, 6) is 0.685. The fourth-order valence-electron chi connectivity index (χ4n) is 2.08. The molecule has 0 aliphatic rings. The van der Waals surface area contributed by atoms with Gasteiger partial charge in [0.2, 0.25) is 0 Å². The number of nitrogens with two attached hydrogens (primary N) is 1. The maximum atomic E-state index is 11.4. The summed E-state index contributed by atoms with van der Waals surface area (Å²) in [6.07, 6.45) is -0.781. The van der Waals surface area contributed by atoms with Crippen molar-refractivity contribution >= 4 is 5.91 Å². The highest BCUT2D eigenvalue weighted by atomic mass is 16.5. The van der Waals surface area contributed by atoms with Crippen molar-refractivity contribution in [3.8, 4) is 17.2 Å². The van der Waals surface area contributed by atoms with Crippen LogP contribution >= 0.6 is 0 Å². The highest BCUT2D eigenvalue weighted by Gasteiger charge is 2.17. The first kappa shape index (κ1) is 14.9. The average Bonchev–Trinajstić information content (AvgIpc) is 2.47. The van der Waals surface area contributed by atoms with Gasteiger partial charge in [-0.05, 0) is 31.2 Å². The molecule has 0 aliphatic carbocycles. The zero-order valence-corrected chi connectivity index (χ0v) is 11.9. The van der Waals surface area contributed by atoms with E-state index >= 15 is 0 Å². The highest BCUT2D eigenvalue weighted by molar-refractivity contribution is 5.95. The molecule has 5 nitrogen and oxygen atoms in total. The van der Waals surface area contributed by atoms with E-state index in [9.17, 15) is 9.90 Å². The van der Waals surface area contributed by atoms with E-state index in [1.54, 1.807) is 49.4 Å². The second-order valence-electron chi connectivity index (χ2n) is 4.51. The SMILES string of the molecule is COc1cccc(Oc2ccccc2C(N)=O)c1[C@H](C)O.